The van der Waals surface area contributed by atoms with Gasteiger partial charge in [0.15, 0.2) is 0 Å². The highest BCUT2D eigenvalue weighted by molar-refractivity contribution is 9.10. The summed E-state index contributed by atoms with van der Waals surface area (Å²) in [6.07, 6.45) is 0. The van der Waals surface area contributed by atoms with Gasteiger partial charge in [-0.05, 0) is 6.07 Å². The first-order valence-electron chi connectivity index (χ1n) is 5.65. The minimum atomic E-state index is -0.282. The van der Waals surface area contributed by atoms with Gasteiger partial charge in [0.25, 0.3) is 0 Å². The fourth-order valence-corrected chi connectivity index (χ4v) is 3.53. The lowest BCUT2D eigenvalue weighted by Crippen LogP contribution is -2.49. The monoisotopic (exact) mass is 325 g/mol. The summed E-state index contributed by atoms with van der Waals surface area (Å²) < 4.78 is 6.25. The Labute approximate surface area is 118 Å². The smallest absolute Gasteiger partial charge is 0.124 e. The molecule has 0 amide bonds. The minimum absolute atomic E-state index is 0.0894. The van der Waals surface area contributed by atoms with Crippen LogP contribution in [-0.4, -0.2) is 29.9 Å². The third kappa shape index (κ3) is 1.91. The largest absolute Gasteiger partial charge is 0.395 e. The molecular formula is C13H12BrNO2S. The van der Waals surface area contributed by atoms with Crippen molar-refractivity contribution in [2.75, 3.05) is 19.8 Å². The molecule has 0 spiro atoms. The van der Waals surface area contributed by atoms with Crippen LogP contribution in [0, 0.1) is 0 Å². The van der Waals surface area contributed by atoms with Crippen LogP contribution < -0.4 is 0 Å². The van der Waals surface area contributed by atoms with E-state index in [1.807, 2.05) is 29.6 Å². The van der Waals surface area contributed by atoms with Crippen molar-refractivity contribution >= 4 is 27.3 Å². The fourth-order valence-electron chi connectivity index (χ4n) is 1.94. The molecule has 0 radical (unpaired) electrons. The van der Waals surface area contributed by atoms with Crippen LogP contribution in [-0.2, 0) is 10.2 Å². The van der Waals surface area contributed by atoms with E-state index >= 15 is 0 Å². The summed E-state index contributed by atoms with van der Waals surface area (Å²) in [6, 6.07) is 8.02. The van der Waals surface area contributed by atoms with Gasteiger partial charge in [-0.3, -0.25) is 0 Å². The predicted octanol–water partition coefficient (Wildman–Crippen LogP) is 2.83. The second-order valence-electron chi connectivity index (χ2n) is 4.45. The van der Waals surface area contributed by atoms with E-state index in [1.165, 1.54) is 0 Å². The average Bonchev–Trinajstić information content (AvgIpc) is 2.79. The van der Waals surface area contributed by atoms with Gasteiger partial charge < -0.3 is 9.84 Å². The standard InChI is InChI=1S/C13H12BrNO2S/c14-10-4-2-1-3-9(10)12-15-11(5-18-12)13(6-16)7-17-8-13/h1-5,16H,6-8H2. The molecule has 1 aromatic carbocycles. The molecule has 94 valence electrons. The molecule has 2 aromatic rings. The highest BCUT2D eigenvalue weighted by Crippen LogP contribution is 2.36. The number of hydrogen-bond acceptors (Lipinski definition) is 4. The molecule has 1 saturated heterocycles. The van der Waals surface area contributed by atoms with E-state index in [0.29, 0.717) is 13.2 Å². The average molecular weight is 326 g/mol. The van der Waals surface area contributed by atoms with Crippen molar-refractivity contribution in [1.29, 1.82) is 0 Å². The Kier molecular flexibility index (Phi) is 3.23. The van der Waals surface area contributed by atoms with Gasteiger partial charge in [0.1, 0.15) is 5.01 Å². The molecule has 3 rings (SSSR count). The quantitative estimate of drug-likeness (QED) is 0.943. The number of ether oxygens (including phenoxy) is 1. The maximum Gasteiger partial charge on any atom is 0.124 e. The first kappa shape index (κ1) is 12.3. The zero-order chi connectivity index (χ0) is 12.6. The normalized spacial score (nSPS) is 17.4. The van der Waals surface area contributed by atoms with E-state index in [0.717, 1.165) is 20.7 Å². The number of halogens is 1. The third-order valence-electron chi connectivity index (χ3n) is 3.21. The Bertz CT molecular complexity index is 560. The Morgan fingerprint density at radius 2 is 2.17 bits per heavy atom. The van der Waals surface area contributed by atoms with E-state index in [1.54, 1.807) is 11.3 Å². The van der Waals surface area contributed by atoms with Crippen molar-refractivity contribution in [3.05, 3.63) is 39.8 Å². The molecule has 1 N–H and O–H groups in total. The fraction of sp³-hybridized carbons (Fsp3) is 0.308. The minimum Gasteiger partial charge on any atom is -0.395 e. The molecule has 0 bridgehead atoms. The van der Waals surface area contributed by atoms with Crippen LogP contribution in [0.1, 0.15) is 5.69 Å². The Morgan fingerprint density at radius 3 is 2.78 bits per heavy atom. The van der Waals surface area contributed by atoms with Gasteiger partial charge in [0.05, 0.1) is 30.9 Å². The first-order chi connectivity index (χ1) is 8.75. The predicted molar refractivity (Wildman–Crippen MR) is 74.8 cm³/mol. The molecule has 0 atom stereocenters. The van der Waals surface area contributed by atoms with E-state index in [9.17, 15) is 5.11 Å². The molecule has 3 nitrogen and oxygen atoms in total. The summed E-state index contributed by atoms with van der Waals surface area (Å²) in [4.78, 5) is 4.65. The van der Waals surface area contributed by atoms with Crippen LogP contribution in [0.15, 0.2) is 34.1 Å². The number of aromatic nitrogens is 1. The number of hydrogen-bond donors (Lipinski definition) is 1. The highest BCUT2D eigenvalue weighted by atomic mass is 79.9. The lowest BCUT2D eigenvalue weighted by Gasteiger charge is -2.38. The number of thiazole rings is 1. The van der Waals surface area contributed by atoms with Gasteiger partial charge in [-0.25, -0.2) is 4.98 Å². The van der Waals surface area contributed by atoms with Gasteiger partial charge in [0, 0.05) is 15.4 Å². The van der Waals surface area contributed by atoms with Crippen LogP contribution in [0.25, 0.3) is 10.6 Å². The summed E-state index contributed by atoms with van der Waals surface area (Å²) in [5.41, 5.74) is 1.74. The van der Waals surface area contributed by atoms with Crippen LogP contribution in [0.2, 0.25) is 0 Å². The second-order valence-corrected chi connectivity index (χ2v) is 6.16. The molecular weight excluding hydrogens is 314 g/mol. The van der Waals surface area contributed by atoms with Gasteiger partial charge in [-0.1, -0.05) is 34.1 Å². The molecule has 2 heterocycles. The van der Waals surface area contributed by atoms with Crippen molar-refractivity contribution in [2.24, 2.45) is 0 Å². The van der Waals surface area contributed by atoms with Crippen LogP contribution in [0.4, 0.5) is 0 Å². The molecule has 0 aliphatic carbocycles. The summed E-state index contributed by atoms with van der Waals surface area (Å²) in [5.74, 6) is 0. The van der Waals surface area contributed by atoms with Crippen molar-refractivity contribution in [1.82, 2.24) is 4.98 Å². The molecule has 18 heavy (non-hydrogen) atoms. The van der Waals surface area contributed by atoms with Crippen LogP contribution in [0.5, 0.6) is 0 Å². The first-order valence-corrected chi connectivity index (χ1v) is 7.32. The number of rotatable bonds is 3. The van der Waals surface area contributed by atoms with Gasteiger partial charge in [0.2, 0.25) is 0 Å². The molecule has 1 aliphatic heterocycles. The number of benzene rings is 1. The van der Waals surface area contributed by atoms with Crippen molar-refractivity contribution in [2.45, 2.75) is 5.41 Å². The van der Waals surface area contributed by atoms with Crippen molar-refractivity contribution in [3.8, 4) is 10.6 Å². The third-order valence-corrected chi connectivity index (χ3v) is 4.78. The van der Waals surface area contributed by atoms with Crippen LogP contribution >= 0.6 is 27.3 Å². The molecule has 5 heteroatoms. The SMILES string of the molecule is OCC1(c2csc(-c3ccccc3Br)n2)COC1. The zero-order valence-electron chi connectivity index (χ0n) is 9.60. The Hall–Kier alpha value is -0.750. The van der Waals surface area contributed by atoms with E-state index in [2.05, 4.69) is 20.9 Å². The van der Waals surface area contributed by atoms with Gasteiger partial charge in [-0.15, -0.1) is 11.3 Å². The van der Waals surface area contributed by atoms with Crippen molar-refractivity contribution < 1.29 is 9.84 Å². The summed E-state index contributed by atoms with van der Waals surface area (Å²) >= 11 is 5.13. The summed E-state index contributed by atoms with van der Waals surface area (Å²) in [7, 11) is 0. The number of aliphatic hydroxyl groups is 1. The second kappa shape index (κ2) is 4.74. The van der Waals surface area contributed by atoms with E-state index < -0.39 is 0 Å². The Morgan fingerprint density at radius 1 is 1.39 bits per heavy atom. The van der Waals surface area contributed by atoms with Crippen LogP contribution in [0.3, 0.4) is 0 Å². The highest BCUT2D eigenvalue weighted by Gasteiger charge is 2.42. The van der Waals surface area contributed by atoms with Gasteiger partial charge >= 0.3 is 0 Å². The summed E-state index contributed by atoms with van der Waals surface area (Å²) in [6.45, 7) is 1.21. The Balaban J connectivity index is 1.97. The maximum absolute atomic E-state index is 9.50. The molecule has 1 fully saturated rings. The van der Waals surface area contributed by atoms with Crippen molar-refractivity contribution in [3.63, 3.8) is 0 Å². The van der Waals surface area contributed by atoms with Gasteiger partial charge in [-0.2, -0.15) is 0 Å². The van der Waals surface area contributed by atoms with E-state index in [-0.39, 0.29) is 12.0 Å². The molecule has 1 aromatic heterocycles. The topological polar surface area (TPSA) is 42.4 Å². The summed E-state index contributed by atoms with van der Waals surface area (Å²) in [5, 5.41) is 12.5. The number of nitrogens with zero attached hydrogens (tertiary/aromatic N) is 1. The lowest BCUT2D eigenvalue weighted by atomic mass is 9.84. The molecule has 0 unspecified atom stereocenters. The lowest BCUT2D eigenvalue weighted by molar-refractivity contribution is -0.0859. The molecule has 0 saturated carbocycles. The number of aliphatic hydroxyl groups excluding tert-OH is 1. The van der Waals surface area contributed by atoms with E-state index in [4.69, 9.17) is 4.74 Å². The molecule has 1 aliphatic rings. The zero-order valence-corrected chi connectivity index (χ0v) is 12.0. The maximum atomic E-state index is 9.50.